The Morgan fingerprint density at radius 2 is 1.71 bits per heavy atom. The molecule has 0 saturated heterocycles. The number of unbranched alkanes of at least 4 members (excludes halogenated alkanes) is 7. The van der Waals surface area contributed by atoms with Gasteiger partial charge in [0, 0.05) is 0 Å². The molecule has 0 fully saturated rings. The lowest BCUT2D eigenvalue weighted by Gasteiger charge is -2.08. The minimum absolute atomic E-state index is 0.310. The van der Waals surface area contributed by atoms with E-state index in [4.69, 9.17) is 22.1 Å². The van der Waals surface area contributed by atoms with Crippen LogP contribution in [0.4, 0.5) is 0 Å². The van der Waals surface area contributed by atoms with Gasteiger partial charge in [0.15, 0.2) is 0 Å². The fraction of sp³-hybridized carbons (Fsp3) is 0.588. The normalized spacial score (nSPS) is 10.6. The molecule has 21 heavy (non-hydrogen) atoms. The van der Waals surface area contributed by atoms with E-state index in [9.17, 15) is 4.79 Å². The lowest BCUT2D eigenvalue weighted by Crippen LogP contribution is -2.11. The molecule has 1 amide bonds. The monoisotopic (exact) mass is 311 g/mol. The van der Waals surface area contributed by atoms with Gasteiger partial charge in [-0.3, -0.25) is 4.79 Å². The van der Waals surface area contributed by atoms with Crippen molar-refractivity contribution in [1.29, 1.82) is 0 Å². The molecule has 1 aromatic rings. The number of hydrogen-bond acceptors (Lipinski definition) is 2. The van der Waals surface area contributed by atoms with Crippen LogP contribution in [0.3, 0.4) is 0 Å². The van der Waals surface area contributed by atoms with Crippen LogP contribution in [-0.4, -0.2) is 12.5 Å². The summed E-state index contributed by atoms with van der Waals surface area (Å²) in [6, 6.07) is 5.01. The smallest absolute Gasteiger partial charge is 0.250 e. The Labute approximate surface area is 132 Å². The zero-order valence-corrected chi connectivity index (χ0v) is 13.6. The van der Waals surface area contributed by atoms with Gasteiger partial charge in [0.25, 0.3) is 0 Å². The number of benzene rings is 1. The van der Waals surface area contributed by atoms with Gasteiger partial charge in [-0.15, -0.1) is 0 Å². The van der Waals surface area contributed by atoms with Gasteiger partial charge < -0.3 is 10.5 Å². The maximum Gasteiger partial charge on any atom is 0.250 e. The van der Waals surface area contributed by atoms with Crippen LogP contribution in [0.1, 0.15) is 68.6 Å². The van der Waals surface area contributed by atoms with Crippen LogP contribution >= 0.6 is 11.6 Å². The first kappa shape index (κ1) is 17.8. The van der Waals surface area contributed by atoms with Crippen molar-refractivity contribution < 1.29 is 9.53 Å². The summed E-state index contributed by atoms with van der Waals surface area (Å²) in [5.41, 5.74) is 5.56. The number of halogens is 1. The summed E-state index contributed by atoms with van der Waals surface area (Å²) >= 11 is 5.89. The molecule has 2 N–H and O–H groups in total. The van der Waals surface area contributed by atoms with Gasteiger partial charge in [-0.05, 0) is 24.6 Å². The molecule has 1 rings (SSSR count). The van der Waals surface area contributed by atoms with Crippen molar-refractivity contribution in [3.63, 3.8) is 0 Å². The maximum absolute atomic E-state index is 11.2. The molecular weight excluding hydrogens is 286 g/mol. The number of amides is 1. The fourth-order valence-corrected chi connectivity index (χ4v) is 2.42. The van der Waals surface area contributed by atoms with Gasteiger partial charge in [0.1, 0.15) is 5.75 Å². The summed E-state index contributed by atoms with van der Waals surface area (Å²) in [4.78, 5) is 11.2. The minimum atomic E-state index is -0.530. The first-order valence-corrected chi connectivity index (χ1v) is 8.25. The van der Waals surface area contributed by atoms with Crippen molar-refractivity contribution >= 4 is 17.5 Å². The van der Waals surface area contributed by atoms with E-state index in [0.29, 0.717) is 22.9 Å². The maximum atomic E-state index is 11.2. The number of ether oxygens (including phenoxy) is 1. The number of primary amides is 1. The molecule has 0 spiro atoms. The van der Waals surface area contributed by atoms with Crippen LogP contribution in [0.2, 0.25) is 5.02 Å². The van der Waals surface area contributed by atoms with Gasteiger partial charge in [-0.25, -0.2) is 0 Å². The van der Waals surface area contributed by atoms with Crippen molar-refractivity contribution in [1.82, 2.24) is 0 Å². The molecule has 0 heterocycles. The molecule has 118 valence electrons. The van der Waals surface area contributed by atoms with E-state index >= 15 is 0 Å². The quantitative estimate of drug-likeness (QED) is 0.587. The molecule has 1 aromatic carbocycles. The Kier molecular flexibility index (Phi) is 8.91. The molecule has 0 bridgehead atoms. The zero-order valence-electron chi connectivity index (χ0n) is 12.9. The van der Waals surface area contributed by atoms with Crippen LogP contribution in [-0.2, 0) is 0 Å². The van der Waals surface area contributed by atoms with Crippen molar-refractivity contribution in [3.8, 4) is 5.75 Å². The lowest BCUT2D eigenvalue weighted by molar-refractivity contribution is 0.1000. The standard InChI is InChI=1S/C17H26ClNO2/c1-2-3-4-5-6-7-8-9-12-21-14-10-11-16(18)15(13-14)17(19)20/h10-11,13H,2-9,12H2,1H3,(H2,19,20). The van der Waals surface area contributed by atoms with E-state index < -0.39 is 5.91 Å². The molecule has 0 aliphatic heterocycles. The number of carbonyl (C=O) groups excluding carboxylic acids is 1. The molecule has 4 heteroatoms. The van der Waals surface area contributed by atoms with Gasteiger partial charge in [0.05, 0.1) is 17.2 Å². The van der Waals surface area contributed by atoms with Gasteiger partial charge in [-0.2, -0.15) is 0 Å². The van der Waals surface area contributed by atoms with Gasteiger partial charge in [0.2, 0.25) is 5.91 Å². The lowest BCUT2D eigenvalue weighted by atomic mass is 10.1. The summed E-state index contributed by atoms with van der Waals surface area (Å²) in [7, 11) is 0. The molecule has 0 aliphatic rings. The summed E-state index contributed by atoms with van der Waals surface area (Å²) < 4.78 is 5.63. The Bertz CT molecular complexity index is 435. The summed E-state index contributed by atoms with van der Waals surface area (Å²) in [5.74, 6) is 0.119. The summed E-state index contributed by atoms with van der Waals surface area (Å²) in [6.07, 6.45) is 10.1. The second-order valence-corrected chi connectivity index (χ2v) is 5.74. The highest BCUT2D eigenvalue weighted by atomic mass is 35.5. The van der Waals surface area contributed by atoms with Crippen LogP contribution in [0.5, 0.6) is 5.75 Å². The molecule has 0 unspecified atom stereocenters. The van der Waals surface area contributed by atoms with Crippen LogP contribution < -0.4 is 10.5 Å². The fourth-order valence-electron chi connectivity index (χ4n) is 2.21. The SMILES string of the molecule is CCCCCCCCCCOc1ccc(Cl)c(C(N)=O)c1. The molecule has 0 aliphatic carbocycles. The third-order valence-electron chi connectivity index (χ3n) is 3.47. The largest absolute Gasteiger partial charge is 0.494 e. The molecule has 0 atom stereocenters. The predicted octanol–water partition coefficient (Wildman–Crippen LogP) is 4.96. The highest BCUT2D eigenvalue weighted by Crippen LogP contribution is 2.22. The van der Waals surface area contributed by atoms with Crippen LogP contribution in [0.25, 0.3) is 0 Å². The van der Waals surface area contributed by atoms with Crippen molar-refractivity contribution in [2.45, 2.75) is 58.3 Å². The Morgan fingerprint density at radius 3 is 2.33 bits per heavy atom. The van der Waals surface area contributed by atoms with E-state index in [-0.39, 0.29) is 0 Å². The Hall–Kier alpha value is -1.22. The highest BCUT2D eigenvalue weighted by molar-refractivity contribution is 6.33. The van der Waals surface area contributed by atoms with E-state index in [0.717, 1.165) is 6.42 Å². The molecule has 3 nitrogen and oxygen atoms in total. The van der Waals surface area contributed by atoms with Gasteiger partial charge in [-0.1, -0.05) is 63.5 Å². The molecule has 0 aromatic heterocycles. The number of carbonyl (C=O) groups is 1. The minimum Gasteiger partial charge on any atom is -0.494 e. The van der Waals surface area contributed by atoms with E-state index in [2.05, 4.69) is 6.92 Å². The van der Waals surface area contributed by atoms with Crippen molar-refractivity contribution in [2.24, 2.45) is 5.73 Å². The Balaban J connectivity index is 2.16. The van der Waals surface area contributed by atoms with Crippen molar-refractivity contribution in [2.75, 3.05) is 6.61 Å². The molecular formula is C17H26ClNO2. The van der Waals surface area contributed by atoms with E-state index in [1.807, 2.05) is 0 Å². The van der Waals surface area contributed by atoms with E-state index in [1.54, 1.807) is 18.2 Å². The third kappa shape index (κ3) is 7.37. The molecule has 0 saturated carbocycles. The number of rotatable bonds is 11. The molecule has 0 radical (unpaired) electrons. The second-order valence-electron chi connectivity index (χ2n) is 5.33. The predicted molar refractivity (Wildman–Crippen MR) is 88.1 cm³/mol. The first-order valence-electron chi connectivity index (χ1n) is 7.87. The van der Waals surface area contributed by atoms with E-state index in [1.165, 1.54) is 44.9 Å². The highest BCUT2D eigenvalue weighted by Gasteiger charge is 2.07. The van der Waals surface area contributed by atoms with Crippen molar-refractivity contribution in [3.05, 3.63) is 28.8 Å². The van der Waals surface area contributed by atoms with Crippen LogP contribution in [0.15, 0.2) is 18.2 Å². The number of hydrogen-bond donors (Lipinski definition) is 1. The first-order chi connectivity index (χ1) is 10.1. The topological polar surface area (TPSA) is 52.3 Å². The summed E-state index contributed by atoms with van der Waals surface area (Å²) in [5, 5.41) is 0.363. The average Bonchev–Trinajstić information content (AvgIpc) is 2.47. The summed E-state index contributed by atoms with van der Waals surface area (Å²) in [6.45, 7) is 2.90. The second kappa shape index (κ2) is 10.5. The Morgan fingerprint density at radius 1 is 1.10 bits per heavy atom. The average molecular weight is 312 g/mol. The zero-order chi connectivity index (χ0) is 15.5. The van der Waals surface area contributed by atoms with Gasteiger partial charge >= 0.3 is 0 Å². The third-order valence-corrected chi connectivity index (χ3v) is 3.80. The van der Waals surface area contributed by atoms with Crippen LogP contribution in [0, 0.1) is 0 Å². The number of nitrogens with two attached hydrogens (primary N) is 1.